The molecule has 0 aliphatic rings. The standard InChI is InChI=1S/C13H11ClFNO2/c1-18-12-5-3-9(7-17)16-13(12)8-2-4-11(15)10(14)6-8/h2-6,17H,7H2,1H3. The smallest absolute Gasteiger partial charge is 0.145 e. The summed E-state index contributed by atoms with van der Waals surface area (Å²) in [5.41, 5.74) is 1.66. The summed E-state index contributed by atoms with van der Waals surface area (Å²) in [6.07, 6.45) is 0. The first-order chi connectivity index (χ1) is 8.65. The average molecular weight is 268 g/mol. The molecule has 3 nitrogen and oxygen atoms in total. The van der Waals surface area contributed by atoms with Gasteiger partial charge in [0.2, 0.25) is 0 Å². The lowest BCUT2D eigenvalue weighted by molar-refractivity contribution is 0.276. The molecule has 5 heteroatoms. The number of methoxy groups -OCH3 is 1. The molecule has 2 aromatic rings. The maximum Gasteiger partial charge on any atom is 0.145 e. The van der Waals surface area contributed by atoms with Crippen molar-refractivity contribution in [2.24, 2.45) is 0 Å². The van der Waals surface area contributed by atoms with Crippen molar-refractivity contribution in [2.45, 2.75) is 6.61 Å². The number of aliphatic hydroxyl groups is 1. The third kappa shape index (κ3) is 2.44. The molecule has 0 amide bonds. The van der Waals surface area contributed by atoms with Crippen LogP contribution in [0.15, 0.2) is 30.3 Å². The number of ether oxygens (including phenoxy) is 1. The lowest BCUT2D eigenvalue weighted by Crippen LogP contribution is -1.96. The summed E-state index contributed by atoms with van der Waals surface area (Å²) < 4.78 is 18.3. The summed E-state index contributed by atoms with van der Waals surface area (Å²) in [7, 11) is 1.52. The summed E-state index contributed by atoms with van der Waals surface area (Å²) in [4.78, 5) is 4.25. The van der Waals surface area contributed by atoms with Crippen molar-refractivity contribution >= 4 is 11.6 Å². The molecule has 0 saturated carbocycles. The maximum atomic E-state index is 13.1. The highest BCUT2D eigenvalue weighted by Gasteiger charge is 2.10. The number of benzene rings is 1. The van der Waals surface area contributed by atoms with E-state index in [0.29, 0.717) is 22.7 Å². The lowest BCUT2D eigenvalue weighted by Gasteiger charge is -2.09. The minimum Gasteiger partial charge on any atom is -0.494 e. The van der Waals surface area contributed by atoms with Crippen molar-refractivity contribution in [1.29, 1.82) is 0 Å². The first kappa shape index (κ1) is 12.8. The van der Waals surface area contributed by atoms with E-state index in [2.05, 4.69) is 4.98 Å². The van der Waals surface area contributed by atoms with E-state index in [1.807, 2.05) is 0 Å². The molecule has 1 N–H and O–H groups in total. The molecule has 0 bridgehead atoms. The first-order valence-corrected chi connectivity index (χ1v) is 5.63. The molecular formula is C13H11ClFNO2. The van der Waals surface area contributed by atoms with E-state index >= 15 is 0 Å². The highest BCUT2D eigenvalue weighted by molar-refractivity contribution is 6.31. The fraction of sp³-hybridized carbons (Fsp3) is 0.154. The van der Waals surface area contributed by atoms with Crippen molar-refractivity contribution in [2.75, 3.05) is 7.11 Å². The van der Waals surface area contributed by atoms with Crippen LogP contribution in [0.25, 0.3) is 11.3 Å². The molecule has 1 heterocycles. The van der Waals surface area contributed by atoms with Crippen molar-refractivity contribution in [3.63, 3.8) is 0 Å². The van der Waals surface area contributed by atoms with Crippen molar-refractivity contribution in [3.8, 4) is 17.0 Å². The molecule has 0 saturated heterocycles. The van der Waals surface area contributed by atoms with Gasteiger partial charge >= 0.3 is 0 Å². The van der Waals surface area contributed by atoms with Gasteiger partial charge in [-0.25, -0.2) is 9.37 Å². The van der Waals surface area contributed by atoms with Gasteiger partial charge in [-0.3, -0.25) is 0 Å². The maximum absolute atomic E-state index is 13.1. The van der Waals surface area contributed by atoms with Crippen molar-refractivity contribution < 1.29 is 14.2 Å². The Morgan fingerprint density at radius 1 is 1.33 bits per heavy atom. The summed E-state index contributed by atoms with van der Waals surface area (Å²) in [5, 5.41) is 9.10. The number of rotatable bonds is 3. The monoisotopic (exact) mass is 267 g/mol. The molecule has 0 atom stereocenters. The molecule has 2 rings (SSSR count). The molecule has 1 aromatic carbocycles. The molecule has 0 aliphatic carbocycles. The Labute approximate surface area is 109 Å². The Morgan fingerprint density at radius 2 is 2.11 bits per heavy atom. The van der Waals surface area contributed by atoms with Crippen LogP contribution in [0.2, 0.25) is 5.02 Å². The third-order valence-electron chi connectivity index (χ3n) is 2.49. The van der Waals surface area contributed by atoms with E-state index in [0.717, 1.165) is 0 Å². The number of aromatic nitrogens is 1. The second-order valence-electron chi connectivity index (χ2n) is 3.64. The molecule has 0 spiro atoms. The van der Waals surface area contributed by atoms with Crippen LogP contribution in [0.5, 0.6) is 5.75 Å². The second kappa shape index (κ2) is 5.33. The van der Waals surface area contributed by atoms with E-state index in [4.69, 9.17) is 21.4 Å². The highest BCUT2D eigenvalue weighted by atomic mass is 35.5. The molecule has 1 aromatic heterocycles. The van der Waals surface area contributed by atoms with Gasteiger partial charge in [0.15, 0.2) is 0 Å². The van der Waals surface area contributed by atoms with E-state index in [1.54, 1.807) is 18.2 Å². The van der Waals surface area contributed by atoms with Gasteiger partial charge in [0.1, 0.15) is 17.3 Å². The molecule has 94 valence electrons. The molecule has 18 heavy (non-hydrogen) atoms. The van der Waals surface area contributed by atoms with E-state index < -0.39 is 5.82 Å². The number of pyridine rings is 1. The second-order valence-corrected chi connectivity index (χ2v) is 4.05. The van der Waals surface area contributed by atoms with Gasteiger partial charge in [0.25, 0.3) is 0 Å². The Hall–Kier alpha value is -1.65. The Bertz CT molecular complexity index is 575. The zero-order valence-electron chi connectivity index (χ0n) is 9.65. The predicted octanol–water partition coefficient (Wildman–Crippen LogP) is 3.04. The van der Waals surface area contributed by atoms with E-state index in [1.165, 1.54) is 19.2 Å². The topological polar surface area (TPSA) is 42.4 Å². The van der Waals surface area contributed by atoms with Gasteiger partial charge in [0, 0.05) is 5.56 Å². The fourth-order valence-electron chi connectivity index (χ4n) is 1.59. The summed E-state index contributed by atoms with van der Waals surface area (Å²) in [5.74, 6) is 0.0487. The van der Waals surface area contributed by atoms with Crippen molar-refractivity contribution in [3.05, 3.63) is 46.9 Å². The zero-order valence-corrected chi connectivity index (χ0v) is 10.4. The highest BCUT2D eigenvalue weighted by Crippen LogP contribution is 2.30. The van der Waals surface area contributed by atoms with Crippen LogP contribution < -0.4 is 4.74 Å². The normalized spacial score (nSPS) is 10.4. The predicted molar refractivity (Wildman–Crippen MR) is 67.1 cm³/mol. The van der Waals surface area contributed by atoms with Gasteiger partial charge in [0.05, 0.1) is 24.4 Å². The van der Waals surface area contributed by atoms with E-state index in [9.17, 15) is 4.39 Å². The third-order valence-corrected chi connectivity index (χ3v) is 2.78. The molecule has 0 aliphatic heterocycles. The number of hydrogen-bond donors (Lipinski definition) is 1. The quantitative estimate of drug-likeness (QED) is 0.929. The van der Waals surface area contributed by atoms with Gasteiger partial charge in [-0.05, 0) is 30.3 Å². The minimum atomic E-state index is -0.488. The zero-order chi connectivity index (χ0) is 13.1. The van der Waals surface area contributed by atoms with Gasteiger partial charge < -0.3 is 9.84 Å². The van der Waals surface area contributed by atoms with Crippen LogP contribution in [-0.2, 0) is 6.61 Å². The fourth-order valence-corrected chi connectivity index (χ4v) is 1.77. The largest absolute Gasteiger partial charge is 0.494 e. The average Bonchev–Trinajstić information content (AvgIpc) is 2.41. The number of aliphatic hydroxyl groups excluding tert-OH is 1. The van der Waals surface area contributed by atoms with Crippen molar-refractivity contribution in [1.82, 2.24) is 4.98 Å². The lowest BCUT2D eigenvalue weighted by atomic mass is 10.1. The number of nitrogens with zero attached hydrogens (tertiary/aromatic N) is 1. The Kier molecular flexibility index (Phi) is 3.79. The van der Waals surface area contributed by atoms with Crippen LogP contribution >= 0.6 is 11.6 Å². The summed E-state index contributed by atoms with van der Waals surface area (Å²) >= 11 is 5.74. The van der Waals surface area contributed by atoms with Crippen LogP contribution in [0.3, 0.4) is 0 Å². The van der Waals surface area contributed by atoms with Crippen LogP contribution in [0, 0.1) is 5.82 Å². The molecule has 0 radical (unpaired) electrons. The molecular weight excluding hydrogens is 257 g/mol. The van der Waals surface area contributed by atoms with Gasteiger partial charge in [-0.1, -0.05) is 11.6 Å². The molecule has 0 unspecified atom stereocenters. The van der Waals surface area contributed by atoms with E-state index in [-0.39, 0.29) is 11.6 Å². The summed E-state index contributed by atoms with van der Waals surface area (Å²) in [6, 6.07) is 7.67. The summed E-state index contributed by atoms with van der Waals surface area (Å²) in [6.45, 7) is -0.175. The van der Waals surface area contributed by atoms with Crippen LogP contribution in [0.1, 0.15) is 5.69 Å². The number of hydrogen-bond acceptors (Lipinski definition) is 3. The molecule has 0 fully saturated rings. The van der Waals surface area contributed by atoms with Gasteiger partial charge in [-0.15, -0.1) is 0 Å². The Balaban J connectivity index is 2.57. The van der Waals surface area contributed by atoms with Crippen LogP contribution in [0.4, 0.5) is 4.39 Å². The Morgan fingerprint density at radius 3 is 2.72 bits per heavy atom. The SMILES string of the molecule is COc1ccc(CO)nc1-c1ccc(F)c(Cl)c1. The van der Waals surface area contributed by atoms with Crippen LogP contribution in [-0.4, -0.2) is 17.2 Å². The first-order valence-electron chi connectivity index (χ1n) is 5.26. The number of halogens is 2. The van der Waals surface area contributed by atoms with Gasteiger partial charge in [-0.2, -0.15) is 0 Å². The minimum absolute atomic E-state index is 0.0192.